The fraction of sp³-hybridized carbons (Fsp3) is 0.364. The van der Waals surface area contributed by atoms with Crippen LogP contribution in [0.25, 0.3) is 0 Å². The number of benzene rings is 1. The lowest BCUT2D eigenvalue weighted by molar-refractivity contribution is 0.413. The van der Waals surface area contributed by atoms with E-state index in [0.29, 0.717) is 6.42 Å². The van der Waals surface area contributed by atoms with E-state index in [0.717, 1.165) is 16.9 Å². The Hall–Kier alpha value is -1.53. The predicted octanol–water partition coefficient (Wildman–Crippen LogP) is 1.92. The third-order valence-corrected chi connectivity index (χ3v) is 2.05. The van der Waals surface area contributed by atoms with Gasteiger partial charge in [-0.3, -0.25) is 0 Å². The lowest BCUT2D eigenvalue weighted by Gasteiger charge is -2.10. The number of aryl methyl sites for hydroxylation is 1. The Morgan fingerprint density at radius 3 is 2.79 bits per heavy atom. The van der Waals surface area contributed by atoms with E-state index in [1.165, 1.54) is 0 Å². The molecule has 0 heterocycles. The van der Waals surface area contributed by atoms with Gasteiger partial charge < -0.3 is 10.5 Å². The molecule has 0 saturated carbocycles. The molecular weight excluding hydrogens is 176 g/mol. The molecule has 1 atom stereocenters. The van der Waals surface area contributed by atoms with E-state index >= 15 is 0 Å². The smallest absolute Gasteiger partial charge is 0.119 e. The van der Waals surface area contributed by atoms with E-state index in [4.69, 9.17) is 15.7 Å². The quantitative estimate of drug-likeness (QED) is 0.792. The second-order valence-corrected chi connectivity index (χ2v) is 3.25. The molecule has 3 heteroatoms. The van der Waals surface area contributed by atoms with E-state index in [1.807, 2.05) is 25.1 Å². The van der Waals surface area contributed by atoms with Crippen molar-refractivity contribution in [2.24, 2.45) is 5.73 Å². The molecule has 0 amide bonds. The van der Waals surface area contributed by atoms with Crippen LogP contribution in [0.3, 0.4) is 0 Å². The van der Waals surface area contributed by atoms with Crippen molar-refractivity contribution in [1.82, 2.24) is 0 Å². The van der Waals surface area contributed by atoms with E-state index in [1.54, 1.807) is 7.11 Å². The molecule has 1 aromatic rings. The van der Waals surface area contributed by atoms with Gasteiger partial charge in [-0.15, -0.1) is 0 Å². The Labute approximate surface area is 84.1 Å². The minimum atomic E-state index is -0.228. The van der Waals surface area contributed by atoms with Gasteiger partial charge in [0.2, 0.25) is 0 Å². The zero-order chi connectivity index (χ0) is 10.6. The van der Waals surface area contributed by atoms with Crippen molar-refractivity contribution < 1.29 is 4.74 Å². The van der Waals surface area contributed by atoms with Crippen LogP contribution in [0.2, 0.25) is 0 Å². The summed E-state index contributed by atoms with van der Waals surface area (Å²) in [6.45, 7) is 1.98. The van der Waals surface area contributed by atoms with Crippen molar-refractivity contribution in [3.8, 4) is 11.8 Å². The van der Waals surface area contributed by atoms with Gasteiger partial charge >= 0.3 is 0 Å². The largest absolute Gasteiger partial charge is 0.497 e. The van der Waals surface area contributed by atoms with Gasteiger partial charge in [-0.1, -0.05) is 6.07 Å². The van der Waals surface area contributed by atoms with Crippen LogP contribution in [0.1, 0.15) is 23.6 Å². The topological polar surface area (TPSA) is 59.0 Å². The maximum absolute atomic E-state index is 8.53. The van der Waals surface area contributed by atoms with E-state index in [2.05, 4.69) is 6.07 Å². The number of nitrogens with two attached hydrogens (primary N) is 1. The number of hydrogen-bond donors (Lipinski definition) is 1. The maximum atomic E-state index is 8.53. The second-order valence-electron chi connectivity index (χ2n) is 3.25. The number of hydrogen-bond acceptors (Lipinski definition) is 3. The summed E-state index contributed by atoms with van der Waals surface area (Å²) in [6.07, 6.45) is 0.326. The number of ether oxygens (including phenoxy) is 1. The van der Waals surface area contributed by atoms with Crippen molar-refractivity contribution in [3.05, 3.63) is 29.3 Å². The first-order valence-corrected chi connectivity index (χ1v) is 4.45. The Morgan fingerprint density at radius 2 is 2.21 bits per heavy atom. The van der Waals surface area contributed by atoms with Gasteiger partial charge in [0.25, 0.3) is 0 Å². The van der Waals surface area contributed by atoms with Crippen molar-refractivity contribution in [2.75, 3.05) is 7.11 Å². The predicted molar refractivity (Wildman–Crippen MR) is 54.9 cm³/mol. The molecule has 0 unspecified atom stereocenters. The average molecular weight is 190 g/mol. The number of methoxy groups -OCH3 is 1. The van der Waals surface area contributed by atoms with Crippen LogP contribution in [0.4, 0.5) is 0 Å². The van der Waals surface area contributed by atoms with Gasteiger partial charge in [-0.2, -0.15) is 5.26 Å². The van der Waals surface area contributed by atoms with Crippen molar-refractivity contribution in [2.45, 2.75) is 19.4 Å². The number of rotatable bonds is 3. The summed E-state index contributed by atoms with van der Waals surface area (Å²) in [5.74, 6) is 0.786. The monoisotopic (exact) mass is 190 g/mol. The molecule has 14 heavy (non-hydrogen) atoms. The molecule has 0 fully saturated rings. The van der Waals surface area contributed by atoms with Gasteiger partial charge in [-0.25, -0.2) is 0 Å². The molecule has 0 aliphatic rings. The van der Waals surface area contributed by atoms with Gasteiger partial charge in [0.1, 0.15) is 5.75 Å². The van der Waals surface area contributed by atoms with E-state index < -0.39 is 0 Å². The molecule has 0 aromatic heterocycles. The minimum Gasteiger partial charge on any atom is -0.497 e. The highest BCUT2D eigenvalue weighted by Crippen LogP contribution is 2.21. The highest BCUT2D eigenvalue weighted by molar-refractivity contribution is 5.35. The fourth-order valence-electron chi connectivity index (χ4n) is 1.32. The fourth-order valence-corrected chi connectivity index (χ4v) is 1.32. The van der Waals surface area contributed by atoms with Crippen molar-refractivity contribution in [1.29, 1.82) is 5.26 Å². The molecule has 1 rings (SSSR count). The first kappa shape index (κ1) is 10.6. The Kier molecular flexibility index (Phi) is 3.49. The number of nitriles is 1. The van der Waals surface area contributed by atoms with Crippen LogP contribution in [-0.2, 0) is 0 Å². The van der Waals surface area contributed by atoms with Crippen molar-refractivity contribution in [3.63, 3.8) is 0 Å². The summed E-state index contributed by atoms with van der Waals surface area (Å²) in [7, 11) is 1.62. The summed E-state index contributed by atoms with van der Waals surface area (Å²) in [6, 6.07) is 7.61. The summed E-state index contributed by atoms with van der Waals surface area (Å²) < 4.78 is 5.13. The average Bonchev–Trinajstić information content (AvgIpc) is 2.17. The first-order chi connectivity index (χ1) is 6.67. The zero-order valence-electron chi connectivity index (χ0n) is 8.45. The molecule has 0 radical (unpaired) electrons. The molecule has 2 N–H and O–H groups in total. The van der Waals surface area contributed by atoms with Crippen LogP contribution < -0.4 is 10.5 Å². The maximum Gasteiger partial charge on any atom is 0.119 e. The summed E-state index contributed by atoms with van der Waals surface area (Å²) in [4.78, 5) is 0. The molecule has 74 valence electrons. The van der Waals surface area contributed by atoms with Crippen LogP contribution in [0.15, 0.2) is 18.2 Å². The molecule has 0 spiro atoms. The lowest BCUT2D eigenvalue weighted by Crippen LogP contribution is -2.09. The summed E-state index contributed by atoms with van der Waals surface area (Å²) in [5.41, 5.74) is 7.86. The number of nitrogens with zero attached hydrogens (tertiary/aromatic N) is 1. The zero-order valence-corrected chi connectivity index (χ0v) is 8.45. The SMILES string of the molecule is COc1cc(C)cc([C@H](N)CC#N)c1. The Morgan fingerprint density at radius 1 is 1.50 bits per heavy atom. The highest BCUT2D eigenvalue weighted by Gasteiger charge is 2.07. The standard InChI is InChI=1S/C11H14N2O/c1-8-5-9(11(13)3-4-12)7-10(6-8)14-2/h5-7,11H,3,13H2,1-2H3/t11-/m1/s1. The summed E-state index contributed by atoms with van der Waals surface area (Å²) in [5, 5.41) is 8.53. The van der Waals surface area contributed by atoms with Crippen LogP contribution in [-0.4, -0.2) is 7.11 Å². The minimum absolute atomic E-state index is 0.228. The van der Waals surface area contributed by atoms with E-state index in [9.17, 15) is 0 Å². The summed E-state index contributed by atoms with van der Waals surface area (Å²) >= 11 is 0. The molecule has 0 saturated heterocycles. The Balaban J connectivity index is 2.97. The highest BCUT2D eigenvalue weighted by atomic mass is 16.5. The van der Waals surface area contributed by atoms with Crippen molar-refractivity contribution >= 4 is 0 Å². The lowest BCUT2D eigenvalue weighted by atomic mass is 10.0. The van der Waals surface area contributed by atoms with Gasteiger partial charge in [-0.05, 0) is 30.2 Å². The van der Waals surface area contributed by atoms with Gasteiger partial charge in [0.15, 0.2) is 0 Å². The molecule has 1 aromatic carbocycles. The third kappa shape index (κ3) is 2.48. The third-order valence-electron chi connectivity index (χ3n) is 2.05. The molecular formula is C11H14N2O. The van der Waals surface area contributed by atoms with Crippen LogP contribution in [0, 0.1) is 18.3 Å². The van der Waals surface area contributed by atoms with Crippen LogP contribution >= 0.6 is 0 Å². The molecule has 0 bridgehead atoms. The Bertz CT molecular complexity index is 355. The molecule has 3 nitrogen and oxygen atoms in total. The first-order valence-electron chi connectivity index (χ1n) is 4.45. The normalized spacial score (nSPS) is 11.9. The van der Waals surface area contributed by atoms with E-state index in [-0.39, 0.29) is 6.04 Å². The van der Waals surface area contributed by atoms with Crippen LogP contribution in [0.5, 0.6) is 5.75 Å². The molecule has 0 aliphatic carbocycles. The second kappa shape index (κ2) is 4.64. The van der Waals surface area contributed by atoms with Gasteiger partial charge in [0, 0.05) is 6.04 Å². The van der Waals surface area contributed by atoms with Gasteiger partial charge in [0.05, 0.1) is 19.6 Å². The molecule has 0 aliphatic heterocycles.